The Morgan fingerprint density at radius 3 is 2.62 bits per heavy atom. The molecule has 8 nitrogen and oxygen atoms in total. The van der Waals surface area contributed by atoms with Crippen LogP contribution in [0.25, 0.3) is 0 Å². The van der Waals surface area contributed by atoms with Crippen molar-refractivity contribution >= 4 is 12.1 Å². The number of ether oxygens (including phenoxy) is 3. The minimum atomic E-state index is -0.210. The van der Waals surface area contributed by atoms with Crippen molar-refractivity contribution in [3.8, 4) is 0 Å². The number of amides is 1. The average Bonchev–Trinajstić information content (AvgIpc) is 2.68. The minimum Gasteiger partial charge on any atom is -0.450 e. The molecule has 0 atom stereocenters. The molecule has 0 aromatic rings. The van der Waals surface area contributed by atoms with Crippen molar-refractivity contribution in [2.24, 2.45) is 4.99 Å². The van der Waals surface area contributed by atoms with Crippen LogP contribution in [0.5, 0.6) is 0 Å². The van der Waals surface area contributed by atoms with Gasteiger partial charge in [-0.05, 0) is 39.0 Å². The van der Waals surface area contributed by atoms with Gasteiger partial charge in [0.2, 0.25) is 0 Å². The van der Waals surface area contributed by atoms with Gasteiger partial charge in [-0.15, -0.1) is 0 Å². The lowest BCUT2D eigenvalue weighted by atomic mass is 10.1. The quantitative estimate of drug-likeness (QED) is 0.400. The maximum Gasteiger partial charge on any atom is 0.409 e. The Bertz CT molecular complexity index is 433. The first-order valence-electron chi connectivity index (χ1n) is 9.81. The number of nitrogens with zero attached hydrogens (tertiary/aromatic N) is 2. The lowest BCUT2D eigenvalue weighted by molar-refractivity contribution is -0.0320. The molecule has 0 spiro atoms. The first-order chi connectivity index (χ1) is 12.7. The number of aliphatic imine (C=N–C) groups is 1. The summed E-state index contributed by atoms with van der Waals surface area (Å²) in [6.45, 7) is 6.89. The summed E-state index contributed by atoms with van der Waals surface area (Å²) in [6.07, 6.45) is 4.88. The number of rotatable bonds is 7. The molecule has 0 aromatic heterocycles. The summed E-state index contributed by atoms with van der Waals surface area (Å²) in [4.78, 5) is 17.8. The number of likely N-dealkylation sites (tertiary alicyclic amines) is 1. The molecule has 2 N–H and O–H groups in total. The molecule has 0 aromatic carbocycles. The fourth-order valence-corrected chi connectivity index (χ4v) is 3.18. The number of carbonyl (C=O) groups excluding carboxylic acids is 1. The van der Waals surface area contributed by atoms with Gasteiger partial charge in [0.05, 0.1) is 12.7 Å². The number of hydrogen-bond acceptors (Lipinski definition) is 5. The van der Waals surface area contributed by atoms with Crippen LogP contribution < -0.4 is 10.6 Å². The highest BCUT2D eigenvalue weighted by Crippen LogP contribution is 2.12. The number of nitrogens with one attached hydrogen (secondary N) is 2. The molecule has 2 aliphatic rings. The molecular weight excluding hydrogens is 336 g/mol. The zero-order valence-electron chi connectivity index (χ0n) is 16.2. The van der Waals surface area contributed by atoms with E-state index < -0.39 is 0 Å². The minimum absolute atomic E-state index is 0.210. The predicted octanol–water partition coefficient (Wildman–Crippen LogP) is 1.36. The van der Waals surface area contributed by atoms with E-state index >= 15 is 0 Å². The maximum atomic E-state index is 11.7. The maximum absolute atomic E-state index is 11.7. The van der Waals surface area contributed by atoms with Gasteiger partial charge in [-0.3, -0.25) is 4.99 Å². The molecule has 2 fully saturated rings. The Morgan fingerprint density at radius 2 is 1.96 bits per heavy atom. The highest BCUT2D eigenvalue weighted by Gasteiger charge is 2.24. The van der Waals surface area contributed by atoms with E-state index in [9.17, 15) is 4.79 Å². The van der Waals surface area contributed by atoms with Crippen molar-refractivity contribution in [3.63, 3.8) is 0 Å². The Labute approximate surface area is 156 Å². The monoisotopic (exact) mass is 370 g/mol. The first-order valence-corrected chi connectivity index (χ1v) is 9.81. The lowest BCUT2D eigenvalue weighted by Crippen LogP contribution is -2.50. The summed E-state index contributed by atoms with van der Waals surface area (Å²) in [5.41, 5.74) is 0. The molecule has 2 aliphatic heterocycles. The SMILES string of the molecule is CCOC(=O)N1CCC(NC(=NC)NCCCOC2CCOCC2)CC1. The Hall–Kier alpha value is -1.54. The summed E-state index contributed by atoms with van der Waals surface area (Å²) in [5, 5.41) is 6.78. The van der Waals surface area contributed by atoms with Crippen LogP contribution in [-0.4, -0.2) is 82.2 Å². The van der Waals surface area contributed by atoms with Crippen molar-refractivity contribution in [1.29, 1.82) is 0 Å². The molecular formula is C18H34N4O4. The van der Waals surface area contributed by atoms with E-state index in [1.165, 1.54) is 0 Å². The van der Waals surface area contributed by atoms with Gasteiger partial charge in [0, 0.05) is 52.5 Å². The fraction of sp³-hybridized carbons (Fsp3) is 0.889. The molecule has 1 amide bonds. The second-order valence-electron chi connectivity index (χ2n) is 6.64. The van der Waals surface area contributed by atoms with Crippen molar-refractivity contribution in [2.75, 3.05) is 53.1 Å². The van der Waals surface area contributed by atoms with Crippen molar-refractivity contribution in [3.05, 3.63) is 0 Å². The van der Waals surface area contributed by atoms with Crippen LogP contribution in [0.15, 0.2) is 4.99 Å². The Balaban J connectivity index is 1.55. The first kappa shape index (κ1) is 20.8. The summed E-state index contributed by atoms with van der Waals surface area (Å²) in [5.74, 6) is 0.811. The zero-order chi connectivity index (χ0) is 18.6. The molecule has 0 saturated carbocycles. The van der Waals surface area contributed by atoms with E-state index in [0.29, 0.717) is 31.8 Å². The van der Waals surface area contributed by atoms with Gasteiger partial charge in [-0.2, -0.15) is 0 Å². The molecule has 2 saturated heterocycles. The van der Waals surface area contributed by atoms with Crippen LogP contribution in [0.4, 0.5) is 4.79 Å². The van der Waals surface area contributed by atoms with Crippen molar-refractivity contribution < 1.29 is 19.0 Å². The van der Waals surface area contributed by atoms with Crippen LogP contribution in [0, 0.1) is 0 Å². The molecule has 8 heteroatoms. The third-order valence-corrected chi connectivity index (χ3v) is 4.72. The number of guanidine groups is 1. The second kappa shape index (κ2) is 12.0. The van der Waals surface area contributed by atoms with Crippen LogP contribution in [0.2, 0.25) is 0 Å². The van der Waals surface area contributed by atoms with Gasteiger partial charge < -0.3 is 29.7 Å². The summed E-state index contributed by atoms with van der Waals surface area (Å²) in [6, 6.07) is 0.324. The van der Waals surface area contributed by atoms with Crippen LogP contribution in [0.1, 0.15) is 39.0 Å². The smallest absolute Gasteiger partial charge is 0.409 e. The molecule has 0 unspecified atom stereocenters. The summed E-state index contributed by atoms with van der Waals surface area (Å²) < 4.78 is 16.3. The summed E-state index contributed by atoms with van der Waals surface area (Å²) in [7, 11) is 1.78. The average molecular weight is 370 g/mol. The molecule has 150 valence electrons. The van der Waals surface area contributed by atoms with E-state index in [1.54, 1.807) is 11.9 Å². The van der Waals surface area contributed by atoms with E-state index in [-0.39, 0.29) is 6.09 Å². The van der Waals surface area contributed by atoms with Gasteiger partial charge in [-0.1, -0.05) is 0 Å². The van der Waals surface area contributed by atoms with Crippen molar-refractivity contribution in [1.82, 2.24) is 15.5 Å². The molecule has 0 radical (unpaired) electrons. The van der Waals surface area contributed by atoms with Gasteiger partial charge in [0.15, 0.2) is 5.96 Å². The molecule has 26 heavy (non-hydrogen) atoms. The third-order valence-electron chi connectivity index (χ3n) is 4.72. The van der Waals surface area contributed by atoms with Crippen LogP contribution in [-0.2, 0) is 14.2 Å². The molecule has 0 bridgehead atoms. The zero-order valence-corrected chi connectivity index (χ0v) is 16.2. The number of piperidine rings is 1. The molecule has 0 aliphatic carbocycles. The standard InChI is InChI=1S/C18H34N4O4/c1-3-25-18(23)22-10-5-15(6-11-22)21-17(19-2)20-9-4-12-26-16-7-13-24-14-8-16/h15-16H,3-14H2,1-2H3,(H2,19,20,21). The highest BCUT2D eigenvalue weighted by atomic mass is 16.6. The van der Waals surface area contributed by atoms with Gasteiger partial charge >= 0.3 is 6.09 Å². The Morgan fingerprint density at radius 1 is 1.23 bits per heavy atom. The van der Waals surface area contributed by atoms with Crippen LogP contribution in [0.3, 0.4) is 0 Å². The van der Waals surface area contributed by atoms with Gasteiger partial charge in [0.1, 0.15) is 0 Å². The topological polar surface area (TPSA) is 84.4 Å². The van der Waals surface area contributed by atoms with Gasteiger partial charge in [-0.25, -0.2) is 4.79 Å². The van der Waals surface area contributed by atoms with Gasteiger partial charge in [0.25, 0.3) is 0 Å². The predicted molar refractivity (Wildman–Crippen MR) is 101 cm³/mol. The van der Waals surface area contributed by atoms with E-state index in [2.05, 4.69) is 15.6 Å². The lowest BCUT2D eigenvalue weighted by Gasteiger charge is -2.32. The Kier molecular flexibility index (Phi) is 9.55. The van der Waals surface area contributed by atoms with E-state index in [1.807, 2.05) is 6.92 Å². The molecule has 2 heterocycles. The number of carbonyl (C=O) groups is 1. The third kappa shape index (κ3) is 7.37. The van der Waals surface area contributed by atoms with E-state index in [0.717, 1.165) is 64.4 Å². The van der Waals surface area contributed by atoms with Crippen LogP contribution >= 0.6 is 0 Å². The second-order valence-corrected chi connectivity index (χ2v) is 6.64. The largest absolute Gasteiger partial charge is 0.450 e. The number of hydrogen-bond donors (Lipinski definition) is 2. The normalized spacial score (nSPS) is 20.1. The highest BCUT2D eigenvalue weighted by molar-refractivity contribution is 5.80. The van der Waals surface area contributed by atoms with E-state index in [4.69, 9.17) is 14.2 Å². The summed E-state index contributed by atoms with van der Waals surface area (Å²) >= 11 is 0. The fourth-order valence-electron chi connectivity index (χ4n) is 3.18. The molecule has 2 rings (SSSR count). The van der Waals surface area contributed by atoms with Crippen molar-refractivity contribution in [2.45, 2.75) is 51.2 Å².